The Balaban J connectivity index is 3.02. The molecule has 1 atom stereocenters. The van der Waals surface area contributed by atoms with Gasteiger partial charge in [0.25, 0.3) is 0 Å². The molecule has 1 rings (SSSR count). The van der Waals surface area contributed by atoms with Gasteiger partial charge < -0.3 is 5.11 Å². The van der Waals surface area contributed by atoms with Crippen LogP contribution in [-0.4, -0.2) is 11.1 Å². The highest BCUT2D eigenvalue weighted by atomic mass is 16.4. The number of hydrogen-bond donors (Lipinski definition) is 1. The first-order valence-electron chi connectivity index (χ1n) is 6.00. The lowest BCUT2D eigenvalue weighted by molar-refractivity contribution is -0.145. The maximum atomic E-state index is 11.3. The van der Waals surface area contributed by atoms with Crippen molar-refractivity contribution >= 4 is 5.97 Å². The quantitative estimate of drug-likeness (QED) is 0.867. The maximum absolute atomic E-state index is 11.3. The van der Waals surface area contributed by atoms with Crippen molar-refractivity contribution in [1.82, 2.24) is 0 Å². The van der Waals surface area contributed by atoms with Crippen LogP contribution in [-0.2, 0) is 11.2 Å². The van der Waals surface area contributed by atoms with Gasteiger partial charge in [0.05, 0.1) is 5.92 Å². The Kier molecular flexibility index (Phi) is 3.97. The van der Waals surface area contributed by atoms with E-state index in [1.807, 2.05) is 34.6 Å². The van der Waals surface area contributed by atoms with Crippen molar-refractivity contribution < 1.29 is 9.90 Å². The molecule has 0 radical (unpaired) electrons. The number of aliphatic carboxylic acids is 1. The monoisotopic (exact) mass is 234 g/mol. The molecule has 1 aromatic rings. The SMILES string of the molecule is Cc1ccc(C)c(CC(C(=O)O)C(C)(C)C)c1. The van der Waals surface area contributed by atoms with E-state index in [1.54, 1.807) is 0 Å². The van der Waals surface area contributed by atoms with Gasteiger partial charge in [-0.25, -0.2) is 0 Å². The third-order valence-electron chi connectivity index (χ3n) is 3.27. The minimum absolute atomic E-state index is 0.220. The Labute approximate surface area is 104 Å². The second kappa shape index (κ2) is 4.91. The summed E-state index contributed by atoms with van der Waals surface area (Å²) in [7, 11) is 0. The molecule has 17 heavy (non-hydrogen) atoms. The largest absolute Gasteiger partial charge is 0.481 e. The van der Waals surface area contributed by atoms with Gasteiger partial charge in [0, 0.05) is 0 Å². The minimum atomic E-state index is -0.710. The zero-order valence-corrected chi connectivity index (χ0v) is 11.4. The van der Waals surface area contributed by atoms with E-state index in [-0.39, 0.29) is 11.3 Å². The van der Waals surface area contributed by atoms with Gasteiger partial charge in [-0.1, -0.05) is 44.5 Å². The number of carboxylic acid groups (broad SMARTS) is 1. The molecular weight excluding hydrogens is 212 g/mol. The fraction of sp³-hybridized carbons (Fsp3) is 0.533. The fourth-order valence-corrected chi connectivity index (χ4v) is 2.00. The number of carboxylic acids is 1. The van der Waals surface area contributed by atoms with Crippen LogP contribution in [0.3, 0.4) is 0 Å². The van der Waals surface area contributed by atoms with Gasteiger partial charge >= 0.3 is 5.97 Å². The van der Waals surface area contributed by atoms with Crippen molar-refractivity contribution in [2.75, 3.05) is 0 Å². The third-order valence-corrected chi connectivity index (χ3v) is 3.27. The maximum Gasteiger partial charge on any atom is 0.307 e. The molecular formula is C15H22O2. The van der Waals surface area contributed by atoms with Crippen LogP contribution in [0.15, 0.2) is 18.2 Å². The molecule has 0 aliphatic carbocycles. The van der Waals surface area contributed by atoms with Crippen LogP contribution in [0.5, 0.6) is 0 Å². The van der Waals surface area contributed by atoms with Crippen LogP contribution in [0.4, 0.5) is 0 Å². The van der Waals surface area contributed by atoms with Crippen molar-refractivity contribution in [2.45, 2.75) is 41.0 Å². The lowest BCUT2D eigenvalue weighted by atomic mass is 9.76. The van der Waals surface area contributed by atoms with Gasteiger partial charge in [-0.2, -0.15) is 0 Å². The highest BCUT2D eigenvalue weighted by molar-refractivity contribution is 5.71. The van der Waals surface area contributed by atoms with Gasteiger partial charge in [-0.15, -0.1) is 0 Å². The van der Waals surface area contributed by atoms with E-state index in [0.29, 0.717) is 6.42 Å². The van der Waals surface area contributed by atoms with Gasteiger partial charge in [0.1, 0.15) is 0 Å². The standard InChI is InChI=1S/C15H22O2/c1-10-6-7-11(2)12(8-10)9-13(14(16)17)15(3,4)5/h6-8,13H,9H2,1-5H3,(H,16,17). The molecule has 2 nitrogen and oxygen atoms in total. The molecule has 2 heteroatoms. The highest BCUT2D eigenvalue weighted by Gasteiger charge is 2.31. The van der Waals surface area contributed by atoms with Gasteiger partial charge in [-0.3, -0.25) is 4.79 Å². The van der Waals surface area contributed by atoms with Crippen molar-refractivity contribution in [3.63, 3.8) is 0 Å². The molecule has 1 aromatic carbocycles. The second-order valence-electron chi connectivity index (χ2n) is 5.89. The predicted octanol–water partition coefficient (Wildman–Crippen LogP) is 3.59. The van der Waals surface area contributed by atoms with Crippen molar-refractivity contribution in [2.24, 2.45) is 11.3 Å². The third kappa shape index (κ3) is 3.58. The van der Waals surface area contributed by atoms with Crippen LogP contribution >= 0.6 is 0 Å². The van der Waals surface area contributed by atoms with Gasteiger partial charge in [0.2, 0.25) is 0 Å². The smallest absolute Gasteiger partial charge is 0.307 e. The zero-order valence-electron chi connectivity index (χ0n) is 11.4. The average molecular weight is 234 g/mol. The molecule has 0 saturated carbocycles. The van der Waals surface area contributed by atoms with Crippen LogP contribution < -0.4 is 0 Å². The summed E-state index contributed by atoms with van der Waals surface area (Å²) in [4.78, 5) is 11.3. The summed E-state index contributed by atoms with van der Waals surface area (Å²) in [5, 5.41) is 9.33. The number of benzene rings is 1. The van der Waals surface area contributed by atoms with E-state index in [9.17, 15) is 9.90 Å². The van der Waals surface area contributed by atoms with Gasteiger partial charge in [0.15, 0.2) is 0 Å². The number of hydrogen-bond acceptors (Lipinski definition) is 1. The lowest BCUT2D eigenvalue weighted by Gasteiger charge is -2.27. The molecule has 0 heterocycles. The molecule has 0 aliphatic heterocycles. The Morgan fingerprint density at radius 1 is 1.29 bits per heavy atom. The first kappa shape index (κ1) is 13.8. The first-order chi connectivity index (χ1) is 7.71. The van der Waals surface area contributed by atoms with Crippen molar-refractivity contribution in [1.29, 1.82) is 0 Å². The van der Waals surface area contributed by atoms with Crippen molar-refractivity contribution in [3.8, 4) is 0 Å². The lowest BCUT2D eigenvalue weighted by Crippen LogP contribution is -2.30. The van der Waals surface area contributed by atoms with E-state index in [1.165, 1.54) is 11.1 Å². The number of aryl methyl sites for hydroxylation is 2. The Bertz CT molecular complexity index is 413. The van der Waals surface area contributed by atoms with Crippen molar-refractivity contribution in [3.05, 3.63) is 34.9 Å². The molecule has 0 saturated heterocycles. The van der Waals surface area contributed by atoms with Crippen LogP contribution in [0.2, 0.25) is 0 Å². The van der Waals surface area contributed by atoms with E-state index in [0.717, 1.165) is 5.56 Å². The second-order valence-corrected chi connectivity index (χ2v) is 5.89. The molecule has 1 unspecified atom stereocenters. The minimum Gasteiger partial charge on any atom is -0.481 e. The first-order valence-corrected chi connectivity index (χ1v) is 6.00. The Hall–Kier alpha value is -1.31. The Morgan fingerprint density at radius 3 is 2.35 bits per heavy atom. The van der Waals surface area contributed by atoms with Gasteiger partial charge in [-0.05, 0) is 36.8 Å². The molecule has 94 valence electrons. The highest BCUT2D eigenvalue weighted by Crippen LogP contribution is 2.30. The topological polar surface area (TPSA) is 37.3 Å². The predicted molar refractivity (Wildman–Crippen MR) is 70.2 cm³/mol. The summed E-state index contributed by atoms with van der Waals surface area (Å²) < 4.78 is 0. The zero-order chi connectivity index (χ0) is 13.2. The molecule has 0 amide bonds. The molecule has 0 aliphatic rings. The fourth-order valence-electron chi connectivity index (χ4n) is 2.00. The Morgan fingerprint density at radius 2 is 1.88 bits per heavy atom. The molecule has 0 bridgehead atoms. The van der Waals surface area contributed by atoms with Crippen LogP contribution in [0, 0.1) is 25.2 Å². The summed E-state index contributed by atoms with van der Waals surface area (Å²) in [6.45, 7) is 10.0. The summed E-state index contributed by atoms with van der Waals surface area (Å²) in [6.07, 6.45) is 0.604. The van der Waals surface area contributed by atoms with Crippen LogP contribution in [0.25, 0.3) is 0 Å². The summed E-state index contributed by atoms with van der Waals surface area (Å²) in [5.74, 6) is -1.05. The summed E-state index contributed by atoms with van der Waals surface area (Å²) in [5.41, 5.74) is 3.28. The molecule has 0 aromatic heterocycles. The van der Waals surface area contributed by atoms with Crippen LogP contribution in [0.1, 0.15) is 37.5 Å². The average Bonchev–Trinajstić information content (AvgIpc) is 2.17. The number of rotatable bonds is 3. The van der Waals surface area contributed by atoms with E-state index in [2.05, 4.69) is 18.2 Å². The van der Waals surface area contributed by atoms with E-state index >= 15 is 0 Å². The molecule has 0 spiro atoms. The summed E-state index contributed by atoms with van der Waals surface area (Å²) in [6, 6.07) is 6.22. The molecule has 0 fully saturated rings. The molecule has 1 N–H and O–H groups in total. The summed E-state index contributed by atoms with van der Waals surface area (Å²) >= 11 is 0. The van der Waals surface area contributed by atoms with E-state index in [4.69, 9.17) is 0 Å². The van der Waals surface area contributed by atoms with E-state index < -0.39 is 5.97 Å². The normalized spacial score (nSPS) is 13.5. The number of carbonyl (C=O) groups is 1.